The Morgan fingerprint density at radius 1 is 1.06 bits per heavy atom. The Labute approximate surface area is 198 Å². The van der Waals surface area contributed by atoms with Crippen LogP contribution < -0.4 is 0 Å². The van der Waals surface area contributed by atoms with E-state index in [0.29, 0.717) is 29.8 Å². The Morgan fingerprint density at radius 2 is 1.71 bits per heavy atom. The fraction of sp³-hybridized carbons (Fsp3) is 0.375. The molecule has 3 rings (SSSR count). The van der Waals surface area contributed by atoms with Gasteiger partial charge in [-0.3, -0.25) is 0 Å². The van der Waals surface area contributed by atoms with Gasteiger partial charge >= 0.3 is 0 Å². The number of rotatable bonds is 9. The van der Waals surface area contributed by atoms with E-state index in [-0.39, 0.29) is 5.92 Å². The lowest BCUT2D eigenvalue weighted by atomic mass is 10.1. The Kier molecular flexibility index (Phi) is 8.11. The van der Waals surface area contributed by atoms with E-state index in [9.17, 15) is 5.11 Å². The van der Waals surface area contributed by atoms with Gasteiger partial charge in [0.2, 0.25) is 0 Å². The number of imidazole rings is 1. The molecule has 0 aliphatic heterocycles. The summed E-state index contributed by atoms with van der Waals surface area (Å²) in [6.07, 6.45) is 0. The number of ether oxygens (including phenoxy) is 1. The maximum Gasteiger partial charge on any atom is 0.136 e. The van der Waals surface area contributed by atoms with Crippen LogP contribution >= 0.6 is 35.0 Å². The molecule has 1 heterocycles. The van der Waals surface area contributed by atoms with Gasteiger partial charge in [0.1, 0.15) is 17.5 Å². The van der Waals surface area contributed by atoms with Crippen LogP contribution in [0.1, 0.15) is 50.7 Å². The molecule has 0 unspecified atom stereocenters. The van der Waals surface area contributed by atoms with E-state index in [1.165, 1.54) is 0 Å². The number of halogens is 2. The predicted octanol–water partition coefficient (Wildman–Crippen LogP) is 6.95. The highest BCUT2D eigenvalue weighted by Gasteiger charge is 2.25. The highest BCUT2D eigenvalue weighted by atomic mass is 35.5. The number of aromatic nitrogens is 2. The largest absolute Gasteiger partial charge is 0.389 e. The third kappa shape index (κ3) is 6.99. The maximum absolute atomic E-state index is 10.6. The summed E-state index contributed by atoms with van der Waals surface area (Å²) in [6.45, 7) is 9.05. The Hall–Kier alpha value is -1.50. The quantitative estimate of drug-likeness (QED) is 0.361. The molecule has 0 saturated carbocycles. The van der Waals surface area contributed by atoms with Crippen LogP contribution in [-0.4, -0.2) is 20.3 Å². The average molecular weight is 479 g/mol. The van der Waals surface area contributed by atoms with Crippen LogP contribution in [0.4, 0.5) is 0 Å². The van der Waals surface area contributed by atoms with Crippen molar-refractivity contribution < 1.29 is 9.84 Å². The first-order valence-corrected chi connectivity index (χ1v) is 11.8. The number of nitrogens with zero attached hydrogens (tertiary/aromatic N) is 2. The number of hydrogen-bond donors (Lipinski definition) is 1. The van der Waals surface area contributed by atoms with E-state index in [2.05, 4.69) is 18.4 Å². The molecule has 2 aromatic carbocycles. The van der Waals surface area contributed by atoms with Crippen molar-refractivity contribution in [3.05, 3.63) is 75.7 Å². The Balaban J connectivity index is 1.94. The van der Waals surface area contributed by atoms with Crippen LogP contribution in [0.5, 0.6) is 0 Å². The van der Waals surface area contributed by atoms with Gasteiger partial charge in [-0.1, -0.05) is 79.1 Å². The minimum atomic E-state index is -0.912. The first-order chi connectivity index (χ1) is 14.6. The van der Waals surface area contributed by atoms with Gasteiger partial charge in [0.25, 0.3) is 0 Å². The molecule has 1 aromatic heterocycles. The fourth-order valence-electron chi connectivity index (χ4n) is 3.18. The van der Waals surface area contributed by atoms with Crippen molar-refractivity contribution in [2.45, 2.75) is 68.9 Å². The number of benzene rings is 2. The van der Waals surface area contributed by atoms with Crippen molar-refractivity contribution in [3.8, 4) is 0 Å². The molecule has 0 aliphatic carbocycles. The molecule has 0 spiro atoms. The first kappa shape index (κ1) is 24.1. The highest BCUT2D eigenvalue weighted by molar-refractivity contribution is 7.99. The molecule has 0 radical (unpaired) electrons. The summed E-state index contributed by atoms with van der Waals surface area (Å²) in [7, 11) is 0. The fourth-order valence-corrected chi connectivity index (χ4v) is 5.10. The number of aliphatic hydroxyl groups is 1. The van der Waals surface area contributed by atoms with Crippen molar-refractivity contribution in [2.24, 2.45) is 0 Å². The lowest BCUT2D eigenvalue weighted by Gasteiger charge is -2.22. The van der Waals surface area contributed by atoms with E-state index in [0.717, 1.165) is 27.0 Å². The number of hydrogen-bond acceptors (Lipinski definition) is 4. The van der Waals surface area contributed by atoms with E-state index in [1.54, 1.807) is 31.7 Å². The van der Waals surface area contributed by atoms with Gasteiger partial charge in [-0.15, -0.1) is 0 Å². The van der Waals surface area contributed by atoms with Crippen LogP contribution in [0.15, 0.2) is 58.5 Å². The van der Waals surface area contributed by atoms with Gasteiger partial charge in [0, 0.05) is 14.9 Å². The molecule has 1 N–H and O–H groups in total. The van der Waals surface area contributed by atoms with Crippen LogP contribution in [0.25, 0.3) is 0 Å². The van der Waals surface area contributed by atoms with E-state index in [4.69, 9.17) is 32.9 Å². The first-order valence-electron chi connectivity index (χ1n) is 10.2. The van der Waals surface area contributed by atoms with Crippen LogP contribution in [-0.2, 0) is 24.5 Å². The zero-order valence-corrected chi connectivity index (χ0v) is 20.6. The van der Waals surface area contributed by atoms with Crippen LogP contribution in [0, 0.1) is 0 Å². The topological polar surface area (TPSA) is 47.3 Å². The van der Waals surface area contributed by atoms with Crippen molar-refractivity contribution in [3.63, 3.8) is 0 Å². The summed E-state index contributed by atoms with van der Waals surface area (Å²) in [5, 5.41) is 12.7. The Morgan fingerprint density at radius 3 is 2.29 bits per heavy atom. The van der Waals surface area contributed by atoms with E-state index in [1.807, 2.05) is 42.5 Å². The standard InChI is InChI=1S/C24H28Cl2N2O2S/c1-16(2)22-23(31-20-11-18(25)10-19(26)12-20)28(15-24(3,4)29)21(27-22)14-30-13-17-8-6-5-7-9-17/h5-12,16,29H,13-15H2,1-4H3. The predicted molar refractivity (Wildman–Crippen MR) is 128 cm³/mol. The third-order valence-electron chi connectivity index (χ3n) is 4.51. The molecule has 166 valence electrons. The van der Waals surface area contributed by atoms with Gasteiger partial charge in [-0.2, -0.15) is 0 Å². The zero-order chi connectivity index (χ0) is 22.6. The van der Waals surface area contributed by atoms with Crippen molar-refractivity contribution >= 4 is 35.0 Å². The lowest BCUT2D eigenvalue weighted by Crippen LogP contribution is -2.27. The van der Waals surface area contributed by atoms with Gasteiger partial charge in [0.05, 0.1) is 24.4 Å². The van der Waals surface area contributed by atoms with Gasteiger partial charge in [-0.05, 0) is 43.5 Å². The molecule has 31 heavy (non-hydrogen) atoms. The van der Waals surface area contributed by atoms with Crippen molar-refractivity contribution in [2.75, 3.05) is 0 Å². The molecule has 0 saturated heterocycles. The summed E-state index contributed by atoms with van der Waals surface area (Å²) in [5.74, 6) is 0.991. The molecule has 4 nitrogen and oxygen atoms in total. The molecule has 0 atom stereocenters. The zero-order valence-electron chi connectivity index (χ0n) is 18.2. The second-order valence-corrected chi connectivity index (χ2v) is 10.4. The summed E-state index contributed by atoms with van der Waals surface area (Å²) in [5.41, 5.74) is 1.16. The monoisotopic (exact) mass is 478 g/mol. The van der Waals surface area contributed by atoms with E-state index >= 15 is 0 Å². The summed E-state index contributed by atoms with van der Waals surface area (Å²) in [6, 6.07) is 15.5. The van der Waals surface area contributed by atoms with Crippen molar-refractivity contribution in [1.29, 1.82) is 0 Å². The second-order valence-electron chi connectivity index (χ2n) is 8.46. The van der Waals surface area contributed by atoms with Gasteiger partial charge < -0.3 is 14.4 Å². The van der Waals surface area contributed by atoms with Crippen LogP contribution in [0.2, 0.25) is 10.0 Å². The molecule has 0 bridgehead atoms. The van der Waals surface area contributed by atoms with Crippen molar-refractivity contribution in [1.82, 2.24) is 9.55 Å². The molecule has 0 amide bonds. The highest BCUT2D eigenvalue weighted by Crippen LogP contribution is 2.38. The Bertz CT molecular complexity index is 994. The minimum absolute atomic E-state index is 0.202. The third-order valence-corrected chi connectivity index (χ3v) is 6.04. The smallest absolute Gasteiger partial charge is 0.136 e. The average Bonchev–Trinajstić information content (AvgIpc) is 2.98. The molecule has 0 fully saturated rings. The van der Waals surface area contributed by atoms with Crippen LogP contribution in [0.3, 0.4) is 0 Å². The molecule has 0 aliphatic rings. The second kappa shape index (κ2) is 10.4. The lowest BCUT2D eigenvalue weighted by molar-refractivity contribution is 0.0523. The summed E-state index contributed by atoms with van der Waals surface area (Å²) >= 11 is 14.0. The van der Waals surface area contributed by atoms with E-state index < -0.39 is 5.60 Å². The SMILES string of the molecule is CC(C)c1nc(COCc2ccccc2)n(CC(C)(C)O)c1Sc1cc(Cl)cc(Cl)c1. The van der Waals surface area contributed by atoms with Gasteiger partial charge in [-0.25, -0.2) is 4.98 Å². The molecular weight excluding hydrogens is 451 g/mol. The molecule has 7 heteroatoms. The molecule has 3 aromatic rings. The summed E-state index contributed by atoms with van der Waals surface area (Å²) < 4.78 is 8.04. The minimum Gasteiger partial charge on any atom is -0.389 e. The molecular formula is C24H28Cl2N2O2S. The summed E-state index contributed by atoms with van der Waals surface area (Å²) in [4.78, 5) is 5.83. The normalized spacial score (nSPS) is 12.0. The van der Waals surface area contributed by atoms with Gasteiger partial charge in [0.15, 0.2) is 0 Å². The maximum atomic E-state index is 10.6.